The van der Waals surface area contributed by atoms with Gasteiger partial charge in [-0.25, -0.2) is 0 Å². The minimum atomic E-state index is -0.907. The van der Waals surface area contributed by atoms with Crippen LogP contribution >= 0.6 is 0 Å². The molecule has 0 aromatic rings. The van der Waals surface area contributed by atoms with Gasteiger partial charge in [0.15, 0.2) is 0 Å². The van der Waals surface area contributed by atoms with Crippen LogP contribution in [0.5, 0.6) is 0 Å². The Kier molecular flexibility index (Phi) is 3.68. The highest BCUT2D eigenvalue weighted by Gasteiger charge is 2.71. The average molecular weight is 364 g/mol. The van der Waals surface area contributed by atoms with Gasteiger partial charge < -0.3 is 9.84 Å². The van der Waals surface area contributed by atoms with Crippen molar-refractivity contribution in [3.05, 3.63) is 0 Å². The van der Waals surface area contributed by atoms with Gasteiger partial charge in [-0.15, -0.1) is 0 Å². The van der Waals surface area contributed by atoms with Crippen LogP contribution in [-0.2, 0) is 14.3 Å². The molecule has 0 aromatic heterocycles. The molecule has 0 amide bonds. The average Bonchev–Trinajstić information content (AvgIpc) is 2.65. The second-order valence-corrected chi connectivity index (χ2v) is 10.5. The standard InChI is InChI=1S/C22H34O4/c1-12-11-22-9-6-15-20(3,4)8-7-17(26-13(2)23)21(15,5)16(22)10-14(24)18(12)19(22)25/h12,15-19,25H,6-11H2,1-5H3/t12-,15?,16+,17+,18-,19-,21-,22+/m1/s1/i12D. The topological polar surface area (TPSA) is 63.6 Å². The van der Waals surface area contributed by atoms with Crippen LogP contribution in [0.25, 0.3) is 0 Å². The smallest absolute Gasteiger partial charge is 0.302 e. The number of rotatable bonds is 1. The van der Waals surface area contributed by atoms with E-state index in [0.29, 0.717) is 18.8 Å². The van der Waals surface area contributed by atoms with E-state index in [1.54, 1.807) is 0 Å². The molecule has 4 heteroatoms. The van der Waals surface area contributed by atoms with Crippen molar-refractivity contribution in [3.63, 3.8) is 0 Å². The fraction of sp³-hybridized carbons (Fsp3) is 0.909. The Bertz CT molecular complexity index is 686. The Morgan fingerprint density at radius 2 is 1.92 bits per heavy atom. The minimum absolute atomic E-state index is 0.0291. The quantitative estimate of drug-likeness (QED) is 0.721. The van der Waals surface area contributed by atoms with Crippen molar-refractivity contribution in [3.8, 4) is 0 Å². The lowest BCUT2D eigenvalue weighted by molar-refractivity contribution is -0.228. The van der Waals surface area contributed by atoms with Crippen LogP contribution in [0.3, 0.4) is 0 Å². The third-order valence-electron chi connectivity index (χ3n) is 8.89. The molecule has 146 valence electrons. The predicted octanol–water partition coefficient (Wildman–Crippen LogP) is 3.75. The Hall–Kier alpha value is -0.900. The number of ketones is 1. The maximum Gasteiger partial charge on any atom is 0.302 e. The van der Waals surface area contributed by atoms with Gasteiger partial charge in [0.05, 0.1) is 6.10 Å². The minimum Gasteiger partial charge on any atom is -0.462 e. The SMILES string of the molecule is [2H][C@@]1(C)C[C@@]23CCC4C(C)(C)CC[C@H](OC(C)=O)[C@@]4(C)[C@@H]2CC(=O)[C@@H]1[C@H]3O. The van der Waals surface area contributed by atoms with E-state index in [4.69, 9.17) is 6.11 Å². The molecule has 4 aliphatic carbocycles. The molecule has 1 spiro atoms. The van der Waals surface area contributed by atoms with Crippen molar-refractivity contribution in [2.45, 2.75) is 85.4 Å². The number of aliphatic hydroxyl groups excluding tert-OH is 1. The molecule has 0 heterocycles. The van der Waals surface area contributed by atoms with Gasteiger partial charge in [0.25, 0.3) is 0 Å². The van der Waals surface area contributed by atoms with E-state index in [9.17, 15) is 14.7 Å². The van der Waals surface area contributed by atoms with Crippen molar-refractivity contribution in [1.82, 2.24) is 0 Å². The predicted molar refractivity (Wildman–Crippen MR) is 98.2 cm³/mol. The Labute approximate surface area is 158 Å². The first-order chi connectivity index (χ1) is 12.4. The molecular weight excluding hydrogens is 328 g/mol. The summed E-state index contributed by atoms with van der Waals surface area (Å²) < 4.78 is 14.6. The fourth-order valence-electron chi connectivity index (χ4n) is 7.92. The van der Waals surface area contributed by atoms with Crippen molar-refractivity contribution >= 4 is 11.8 Å². The third-order valence-corrected chi connectivity index (χ3v) is 8.89. The van der Waals surface area contributed by atoms with E-state index >= 15 is 0 Å². The highest BCUT2D eigenvalue weighted by Crippen LogP contribution is 2.71. The number of ether oxygens (including phenoxy) is 1. The molecule has 0 aromatic carbocycles. The summed E-state index contributed by atoms with van der Waals surface area (Å²) in [6, 6.07) is 0. The molecule has 0 radical (unpaired) electrons. The van der Waals surface area contributed by atoms with Gasteiger partial charge in [0, 0.05) is 31.5 Å². The summed E-state index contributed by atoms with van der Waals surface area (Å²) in [6.45, 7) is 10.1. The molecule has 4 aliphatic rings. The molecule has 0 saturated heterocycles. The molecule has 4 saturated carbocycles. The van der Waals surface area contributed by atoms with Crippen molar-refractivity contribution in [1.29, 1.82) is 0 Å². The first kappa shape index (κ1) is 17.2. The van der Waals surface area contributed by atoms with E-state index in [2.05, 4.69) is 20.8 Å². The zero-order valence-electron chi connectivity index (χ0n) is 17.8. The summed E-state index contributed by atoms with van der Waals surface area (Å²) >= 11 is 0. The Morgan fingerprint density at radius 1 is 1.23 bits per heavy atom. The molecular formula is C22H34O4. The number of esters is 1. The van der Waals surface area contributed by atoms with E-state index < -0.39 is 23.3 Å². The van der Waals surface area contributed by atoms with Gasteiger partial charge in [-0.3, -0.25) is 9.59 Å². The maximum atomic E-state index is 13.0. The summed E-state index contributed by atoms with van der Waals surface area (Å²) in [4.78, 5) is 24.9. The van der Waals surface area contributed by atoms with E-state index in [1.807, 2.05) is 6.92 Å². The molecule has 4 nitrogen and oxygen atoms in total. The van der Waals surface area contributed by atoms with Crippen molar-refractivity contribution < 1.29 is 20.8 Å². The Balaban J connectivity index is 1.84. The van der Waals surface area contributed by atoms with Crippen LogP contribution in [0.15, 0.2) is 0 Å². The molecule has 4 fully saturated rings. The van der Waals surface area contributed by atoms with Crippen LogP contribution in [0, 0.1) is 39.9 Å². The number of carbonyl (C=O) groups excluding carboxylic acids is 2. The summed E-state index contributed by atoms with van der Waals surface area (Å²) in [6.07, 6.45) is 3.66. The lowest BCUT2D eigenvalue weighted by atomic mass is 9.40. The molecule has 26 heavy (non-hydrogen) atoms. The molecule has 1 N–H and O–H groups in total. The van der Waals surface area contributed by atoms with Gasteiger partial charge in [0.1, 0.15) is 11.9 Å². The largest absolute Gasteiger partial charge is 0.462 e. The lowest BCUT2D eigenvalue weighted by Crippen LogP contribution is -2.65. The van der Waals surface area contributed by atoms with Gasteiger partial charge in [0.2, 0.25) is 0 Å². The van der Waals surface area contributed by atoms with Gasteiger partial charge in [-0.1, -0.05) is 27.7 Å². The highest BCUT2D eigenvalue weighted by molar-refractivity contribution is 5.84. The highest BCUT2D eigenvalue weighted by atomic mass is 16.5. The summed E-state index contributed by atoms with van der Waals surface area (Å²) in [5.74, 6) is -1.40. The summed E-state index contributed by atoms with van der Waals surface area (Å²) in [7, 11) is 0. The Morgan fingerprint density at radius 3 is 2.58 bits per heavy atom. The number of fused-ring (bicyclic) bond motifs is 3. The zero-order valence-corrected chi connectivity index (χ0v) is 16.8. The van der Waals surface area contributed by atoms with Crippen molar-refractivity contribution in [2.24, 2.45) is 39.9 Å². The van der Waals surface area contributed by atoms with Crippen LogP contribution in [0.4, 0.5) is 0 Å². The van der Waals surface area contributed by atoms with Crippen molar-refractivity contribution in [2.75, 3.05) is 0 Å². The molecule has 1 unspecified atom stereocenters. The molecule has 4 rings (SSSR count). The van der Waals surface area contributed by atoms with E-state index in [0.717, 1.165) is 25.7 Å². The molecule has 8 atom stereocenters. The summed E-state index contributed by atoms with van der Waals surface area (Å²) in [5, 5.41) is 11.3. The molecule has 0 aliphatic heterocycles. The number of aliphatic hydroxyl groups is 1. The normalized spacial score (nSPS) is 55.5. The first-order valence-electron chi connectivity index (χ1n) is 10.7. The fourth-order valence-corrected chi connectivity index (χ4v) is 7.92. The van der Waals surface area contributed by atoms with E-state index in [-0.39, 0.29) is 34.6 Å². The number of Topliss-reactive ketones (excluding diaryl/α,β-unsaturated/α-hetero) is 1. The maximum absolute atomic E-state index is 13.0. The monoisotopic (exact) mass is 363 g/mol. The second-order valence-electron chi connectivity index (χ2n) is 10.5. The van der Waals surface area contributed by atoms with Crippen LogP contribution in [-0.4, -0.2) is 29.1 Å². The van der Waals surface area contributed by atoms with Gasteiger partial charge in [-0.05, 0) is 55.2 Å². The number of hydrogen-bond donors (Lipinski definition) is 1. The summed E-state index contributed by atoms with van der Waals surface area (Å²) in [5.41, 5.74) is -0.624. The zero-order chi connectivity index (χ0) is 20.0. The third kappa shape index (κ3) is 2.17. The first-order valence-corrected chi connectivity index (χ1v) is 10.2. The van der Waals surface area contributed by atoms with Crippen LogP contribution in [0.2, 0.25) is 0 Å². The second kappa shape index (κ2) is 5.56. The van der Waals surface area contributed by atoms with Crippen LogP contribution in [0.1, 0.15) is 74.5 Å². The number of hydrogen-bond acceptors (Lipinski definition) is 4. The molecule has 2 bridgehead atoms. The number of carbonyl (C=O) groups is 2. The van der Waals surface area contributed by atoms with Crippen LogP contribution < -0.4 is 0 Å². The lowest BCUT2D eigenvalue weighted by Gasteiger charge is -2.66. The van der Waals surface area contributed by atoms with Gasteiger partial charge >= 0.3 is 5.97 Å². The van der Waals surface area contributed by atoms with E-state index in [1.165, 1.54) is 6.92 Å². The van der Waals surface area contributed by atoms with Gasteiger partial charge in [-0.2, -0.15) is 0 Å².